The molecule has 0 bridgehead atoms. The van der Waals surface area contributed by atoms with Crippen LogP contribution in [0.1, 0.15) is 115 Å². The molecule has 2 spiro atoms. The second kappa shape index (κ2) is 26.4. The number of hydrogen-bond acceptors (Lipinski definition) is 17. The molecule has 5 aliphatic rings. The lowest BCUT2D eigenvalue weighted by atomic mass is 9.73. The van der Waals surface area contributed by atoms with E-state index in [1.54, 1.807) is 30.5 Å². The van der Waals surface area contributed by atoms with Crippen LogP contribution in [0.5, 0.6) is 29.3 Å². The number of benzene rings is 2. The van der Waals surface area contributed by atoms with E-state index in [0.29, 0.717) is 76.1 Å². The standard InChI is InChI=1S/C26H32FN5O4S.C23H30ClFN4O5SSi.C9H17N/c1-17(2)20-14-19(27)15-21(18-5-9-28-22(13-18)35-4)25(20)36-23-16-24(30-29-23)37(33,34)32-11-7-26(8-12-32)6-10-31(26)3;1-15(2)18-12-17(25)13-19(16-7-8-26-20(11-16)32-3)21(18)34-23-27-22(35(24,30)31)28-29(23)14-33-9-10-36(4,5)6;1-10-8-7-9(10)5-3-2-4-6-9/h5,9,13-15,17H,6-8,10-12,16H2,1-4H3;7-8,11-13,15H,9-10,14H2,1-6H3;2-8H2,1H3. The van der Waals surface area contributed by atoms with E-state index in [-0.39, 0.29) is 53.2 Å². The molecule has 83 heavy (non-hydrogen) atoms. The summed E-state index contributed by atoms with van der Waals surface area (Å²) >= 11 is 0. The molecule has 3 saturated heterocycles. The van der Waals surface area contributed by atoms with Crippen LogP contribution in [-0.2, 0) is 30.5 Å². The second-order valence-electron chi connectivity index (χ2n) is 23.8. The van der Waals surface area contributed by atoms with Crippen LogP contribution in [0.4, 0.5) is 8.78 Å². The zero-order valence-electron chi connectivity index (χ0n) is 49.5. The molecule has 4 fully saturated rings. The van der Waals surface area contributed by atoms with Crippen LogP contribution in [0.15, 0.2) is 76.3 Å². The minimum absolute atomic E-state index is 0.0271. The minimum Gasteiger partial charge on any atom is -0.481 e. The van der Waals surface area contributed by atoms with Gasteiger partial charge in [0.2, 0.25) is 17.7 Å². The van der Waals surface area contributed by atoms with Crippen LogP contribution in [0, 0.1) is 11.6 Å². The van der Waals surface area contributed by atoms with Gasteiger partial charge in [-0.05, 0) is 118 Å². The van der Waals surface area contributed by atoms with Crippen LogP contribution >= 0.6 is 10.7 Å². The van der Waals surface area contributed by atoms with Crippen molar-refractivity contribution in [3.8, 4) is 51.5 Å². The van der Waals surface area contributed by atoms with Crippen molar-refractivity contribution in [2.45, 2.75) is 152 Å². The predicted molar refractivity (Wildman–Crippen MR) is 321 cm³/mol. The molecular weight excluding hydrogens is 1150 g/mol. The molecule has 452 valence electrons. The summed E-state index contributed by atoms with van der Waals surface area (Å²) in [7, 11) is 3.54. The van der Waals surface area contributed by atoms with Gasteiger partial charge in [-0.1, -0.05) is 66.6 Å². The molecule has 7 heterocycles. The highest BCUT2D eigenvalue weighted by atomic mass is 35.7. The third-order valence-corrected chi connectivity index (χ3v) is 21.1. The fourth-order valence-corrected chi connectivity index (χ4v) is 13.8. The third kappa shape index (κ3) is 15.1. The van der Waals surface area contributed by atoms with Gasteiger partial charge in [-0.2, -0.15) is 14.0 Å². The minimum atomic E-state index is -4.24. The zero-order chi connectivity index (χ0) is 60.1. The van der Waals surface area contributed by atoms with E-state index in [1.807, 2.05) is 27.7 Å². The smallest absolute Gasteiger partial charge is 0.323 e. The average molecular weight is 1230 g/mol. The van der Waals surface area contributed by atoms with Gasteiger partial charge in [-0.15, -0.1) is 15.3 Å². The number of hydrogen-bond donors (Lipinski definition) is 0. The second-order valence-corrected chi connectivity index (χ2v) is 33.8. The predicted octanol–water partition coefficient (Wildman–Crippen LogP) is 11.7. The number of nitrogens with zero attached hydrogens (tertiary/aromatic N) is 10. The SMILES string of the molecule is CN1CCC12CCCCC2.COc1cc(-c2cc(F)cc(C(C)C)c2OC2=NN=C(S(=O)(=O)N3CCC4(CCN4C)CC3)C2)ccn1.COc1cc(-c2cc(F)cc(C(C)C)c2Oc2nc(S(=O)(=O)Cl)nn2COCC[Si](C)(C)C)ccn1. The summed E-state index contributed by atoms with van der Waals surface area (Å²) < 4.78 is 111. The molecule has 4 aliphatic heterocycles. The van der Waals surface area contributed by atoms with Gasteiger partial charge in [0.25, 0.3) is 24.2 Å². The van der Waals surface area contributed by atoms with E-state index in [0.717, 1.165) is 31.9 Å². The van der Waals surface area contributed by atoms with Crippen LogP contribution in [0.25, 0.3) is 22.3 Å². The van der Waals surface area contributed by atoms with E-state index in [9.17, 15) is 25.6 Å². The first kappa shape index (κ1) is 63.5. The Labute approximate surface area is 493 Å². The Bertz CT molecular complexity index is 3400. The van der Waals surface area contributed by atoms with Crippen molar-refractivity contribution in [3.63, 3.8) is 0 Å². The van der Waals surface area contributed by atoms with Crippen molar-refractivity contribution in [1.82, 2.24) is 38.8 Å². The van der Waals surface area contributed by atoms with Gasteiger partial charge >= 0.3 is 6.01 Å². The maximum Gasteiger partial charge on any atom is 0.323 e. The Morgan fingerprint density at radius 2 is 1.19 bits per heavy atom. The molecule has 5 aromatic rings. The molecule has 0 unspecified atom stereocenters. The molecule has 25 heteroatoms. The molecule has 19 nitrogen and oxygen atoms in total. The van der Waals surface area contributed by atoms with Crippen molar-refractivity contribution >= 4 is 48.8 Å². The molecule has 2 aromatic carbocycles. The van der Waals surface area contributed by atoms with Gasteiger partial charge in [0.05, 0.1) is 20.6 Å². The quantitative estimate of drug-likeness (QED) is 0.0512. The first-order valence-electron chi connectivity index (χ1n) is 28.3. The number of methoxy groups -OCH3 is 2. The van der Waals surface area contributed by atoms with Crippen molar-refractivity contribution in [1.29, 1.82) is 0 Å². The largest absolute Gasteiger partial charge is 0.481 e. The summed E-state index contributed by atoms with van der Waals surface area (Å²) in [6.07, 6.45) is 14.6. The molecule has 0 N–H and O–H groups in total. The van der Waals surface area contributed by atoms with Crippen LogP contribution in [0.2, 0.25) is 25.7 Å². The normalized spacial score (nSPS) is 18.1. The number of ether oxygens (including phenoxy) is 5. The number of halogens is 3. The monoisotopic (exact) mass is 1220 g/mol. The van der Waals surface area contributed by atoms with Crippen LogP contribution < -0.4 is 18.9 Å². The average Bonchev–Trinajstić information content (AvgIpc) is 4.30. The topological polar surface area (TPSA) is 205 Å². The molecule has 3 aromatic heterocycles. The van der Waals surface area contributed by atoms with Gasteiger partial charge in [0.1, 0.15) is 29.9 Å². The number of aromatic nitrogens is 5. The highest BCUT2D eigenvalue weighted by Crippen LogP contribution is 2.44. The molecule has 1 saturated carbocycles. The highest BCUT2D eigenvalue weighted by Gasteiger charge is 2.47. The van der Waals surface area contributed by atoms with E-state index in [4.69, 9.17) is 34.4 Å². The summed E-state index contributed by atoms with van der Waals surface area (Å²) in [6, 6.07) is 13.0. The molecule has 1 aliphatic carbocycles. The number of likely N-dealkylation sites (tertiary alicyclic amines) is 2. The Kier molecular flexibility index (Phi) is 20.2. The number of rotatable bonds is 16. The lowest BCUT2D eigenvalue weighted by Crippen LogP contribution is -2.63. The Hall–Kier alpha value is -5.47. The Balaban J connectivity index is 0.000000185. The van der Waals surface area contributed by atoms with E-state index in [2.05, 4.69) is 73.8 Å². The van der Waals surface area contributed by atoms with Gasteiger partial charge < -0.3 is 33.5 Å². The summed E-state index contributed by atoms with van der Waals surface area (Å²) in [5.74, 6) is 0.490. The number of pyridine rings is 2. The van der Waals surface area contributed by atoms with Gasteiger partial charge in [0, 0.05) is 109 Å². The van der Waals surface area contributed by atoms with Crippen molar-refractivity contribution < 1.29 is 49.3 Å². The van der Waals surface area contributed by atoms with E-state index < -0.39 is 43.9 Å². The summed E-state index contributed by atoms with van der Waals surface area (Å²) in [5.41, 5.74) is 4.15. The highest BCUT2D eigenvalue weighted by molar-refractivity contribution is 8.13. The van der Waals surface area contributed by atoms with Crippen molar-refractivity contribution in [2.75, 3.05) is 61.1 Å². The lowest BCUT2D eigenvalue weighted by Gasteiger charge is -2.54. The van der Waals surface area contributed by atoms with Gasteiger partial charge in [0.15, 0.2) is 5.04 Å². The molecule has 0 amide bonds. The Morgan fingerprint density at radius 3 is 1.64 bits per heavy atom. The van der Waals surface area contributed by atoms with Gasteiger partial charge in [-0.25, -0.2) is 35.6 Å². The zero-order valence-corrected chi connectivity index (χ0v) is 52.9. The first-order valence-corrected chi connectivity index (χ1v) is 35.8. The molecule has 0 radical (unpaired) electrons. The fourth-order valence-electron chi connectivity index (χ4n) is 11.0. The number of sulfonamides is 1. The fraction of sp³-hybridized carbons (Fsp3) is 0.552. The van der Waals surface area contributed by atoms with Crippen molar-refractivity contribution in [2.24, 2.45) is 10.2 Å². The summed E-state index contributed by atoms with van der Waals surface area (Å²) in [4.78, 5) is 17.1. The maximum absolute atomic E-state index is 14.7. The molecule has 10 rings (SSSR count). The lowest BCUT2D eigenvalue weighted by molar-refractivity contribution is -0.0261. The van der Waals surface area contributed by atoms with Crippen molar-refractivity contribution in [3.05, 3.63) is 83.7 Å². The number of piperidine rings is 1. The van der Waals surface area contributed by atoms with Crippen LogP contribution in [-0.4, -0.2) is 147 Å². The maximum atomic E-state index is 14.7. The first-order chi connectivity index (χ1) is 39.2. The molecular formula is C58H79ClF2N10O9S2Si. The summed E-state index contributed by atoms with van der Waals surface area (Å²) in [5, 5.41) is 11.4. The third-order valence-electron chi connectivity index (χ3n) is 16.5. The summed E-state index contributed by atoms with van der Waals surface area (Å²) in [6.45, 7) is 18.0. The van der Waals surface area contributed by atoms with Gasteiger partial charge in [-0.3, -0.25) is 0 Å². The molecule has 0 atom stereocenters. The Morgan fingerprint density at radius 1 is 0.687 bits per heavy atom. The van der Waals surface area contributed by atoms with E-state index in [1.165, 1.54) is 98.7 Å². The van der Waals surface area contributed by atoms with Crippen LogP contribution in [0.3, 0.4) is 0 Å². The van der Waals surface area contributed by atoms with E-state index >= 15 is 0 Å².